The lowest BCUT2D eigenvalue weighted by Crippen LogP contribution is -2.41. The summed E-state index contributed by atoms with van der Waals surface area (Å²) in [4.78, 5) is 14.0. The molecule has 0 bridgehead atoms. The van der Waals surface area contributed by atoms with Crippen LogP contribution < -0.4 is 0 Å². The van der Waals surface area contributed by atoms with E-state index in [1.807, 2.05) is 11.0 Å². The summed E-state index contributed by atoms with van der Waals surface area (Å²) in [5.41, 5.74) is 0. The number of nitrogens with zero attached hydrogens (tertiary/aromatic N) is 4. The van der Waals surface area contributed by atoms with Gasteiger partial charge in [-0.3, -0.25) is 4.79 Å². The Balaban J connectivity index is 1.61. The van der Waals surface area contributed by atoms with E-state index in [2.05, 4.69) is 21.3 Å². The van der Waals surface area contributed by atoms with Gasteiger partial charge in [0.2, 0.25) is 5.91 Å². The van der Waals surface area contributed by atoms with E-state index in [0.29, 0.717) is 44.5 Å². The number of aromatic nitrogens is 3. The van der Waals surface area contributed by atoms with Gasteiger partial charge in [-0.2, -0.15) is 0 Å². The molecule has 0 radical (unpaired) electrons. The molecule has 0 unspecified atom stereocenters. The number of rotatable bonds is 6. The SMILES string of the molecule is C=CCn1c(SCC(=O)N2CCOCC2)nnc1C1CC1. The first-order chi connectivity index (χ1) is 10.3. The average Bonchev–Trinajstić information content (AvgIpc) is 3.29. The van der Waals surface area contributed by atoms with Gasteiger partial charge in [-0.15, -0.1) is 16.8 Å². The molecule has 3 rings (SSSR count). The highest BCUT2D eigenvalue weighted by Crippen LogP contribution is 2.40. The van der Waals surface area contributed by atoms with Crippen molar-refractivity contribution >= 4 is 17.7 Å². The summed E-state index contributed by atoms with van der Waals surface area (Å²) in [6.45, 7) is 7.13. The molecule has 1 aliphatic carbocycles. The zero-order valence-electron chi connectivity index (χ0n) is 12.0. The second-order valence-corrected chi connectivity index (χ2v) is 6.24. The minimum Gasteiger partial charge on any atom is -0.378 e. The molecule has 1 amide bonds. The van der Waals surface area contributed by atoms with Crippen molar-refractivity contribution < 1.29 is 9.53 Å². The minimum absolute atomic E-state index is 0.143. The molecule has 1 aliphatic heterocycles. The number of allylic oxidation sites excluding steroid dienone is 1. The lowest BCUT2D eigenvalue weighted by Gasteiger charge is -2.26. The molecule has 0 N–H and O–H groups in total. The quantitative estimate of drug-likeness (QED) is 0.585. The summed E-state index contributed by atoms with van der Waals surface area (Å²) in [6.07, 6.45) is 4.22. The number of amides is 1. The third-order valence-corrected chi connectivity index (χ3v) is 4.64. The van der Waals surface area contributed by atoms with Crippen LogP contribution in [0, 0.1) is 0 Å². The summed E-state index contributed by atoms with van der Waals surface area (Å²) >= 11 is 1.46. The Hall–Kier alpha value is -1.34. The van der Waals surface area contributed by atoms with Crippen LogP contribution in [0.25, 0.3) is 0 Å². The van der Waals surface area contributed by atoms with Crippen molar-refractivity contribution in [2.45, 2.75) is 30.5 Å². The topological polar surface area (TPSA) is 60.2 Å². The van der Waals surface area contributed by atoms with Gasteiger partial charge in [-0.05, 0) is 12.8 Å². The standard InChI is InChI=1S/C14H20N4O2S/c1-2-5-18-13(11-3-4-11)15-16-14(18)21-10-12(19)17-6-8-20-9-7-17/h2,11H,1,3-10H2. The Bertz CT molecular complexity index is 521. The van der Waals surface area contributed by atoms with Crippen molar-refractivity contribution in [1.82, 2.24) is 19.7 Å². The van der Waals surface area contributed by atoms with Crippen LogP contribution in [0.4, 0.5) is 0 Å². The van der Waals surface area contributed by atoms with Gasteiger partial charge in [0.25, 0.3) is 0 Å². The van der Waals surface area contributed by atoms with Crippen molar-refractivity contribution in [2.75, 3.05) is 32.1 Å². The van der Waals surface area contributed by atoms with Gasteiger partial charge in [0, 0.05) is 25.6 Å². The number of carbonyl (C=O) groups excluding carboxylic acids is 1. The lowest BCUT2D eigenvalue weighted by atomic mass is 10.4. The summed E-state index contributed by atoms with van der Waals surface area (Å²) in [7, 11) is 0. The van der Waals surface area contributed by atoms with Crippen molar-refractivity contribution in [3.63, 3.8) is 0 Å². The first-order valence-corrected chi connectivity index (χ1v) is 8.30. The van der Waals surface area contributed by atoms with Gasteiger partial charge in [-0.1, -0.05) is 17.8 Å². The van der Waals surface area contributed by atoms with Crippen LogP contribution in [0.5, 0.6) is 0 Å². The molecule has 1 aromatic heterocycles. The average molecular weight is 308 g/mol. The molecular formula is C14H20N4O2S. The number of hydrogen-bond donors (Lipinski definition) is 0. The zero-order chi connectivity index (χ0) is 14.7. The van der Waals surface area contributed by atoms with Gasteiger partial charge in [0.15, 0.2) is 5.16 Å². The van der Waals surface area contributed by atoms with Gasteiger partial charge in [-0.25, -0.2) is 0 Å². The van der Waals surface area contributed by atoms with E-state index in [1.54, 1.807) is 0 Å². The Morgan fingerprint density at radius 2 is 2.14 bits per heavy atom. The van der Waals surface area contributed by atoms with E-state index < -0.39 is 0 Å². The van der Waals surface area contributed by atoms with Gasteiger partial charge < -0.3 is 14.2 Å². The number of carbonyl (C=O) groups is 1. The smallest absolute Gasteiger partial charge is 0.233 e. The second-order valence-electron chi connectivity index (χ2n) is 5.30. The third-order valence-electron chi connectivity index (χ3n) is 3.69. The van der Waals surface area contributed by atoms with Crippen LogP contribution in [-0.4, -0.2) is 57.6 Å². The molecule has 114 valence electrons. The molecule has 2 heterocycles. The van der Waals surface area contributed by atoms with Crippen molar-refractivity contribution in [3.8, 4) is 0 Å². The molecule has 0 spiro atoms. The van der Waals surface area contributed by atoms with E-state index in [-0.39, 0.29) is 5.91 Å². The predicted octanol–water partition coefficient (Wildman–Crippen LogP) is 1.29. The summed E-state index contributed by atoms with van der Waals surface area (Å²) in [5.74, 6) is 2.13. The van der Waals surface area contributed by atoms with Crippen LogP contribution in [0.15, 0.2) is 17.8 Å². The number of ether oxygens (including phenoxy) is 1. The van der Waals surface area contributed by atoms with Crippen LogP contribution >= 0.6 is 11.8 Å². The molecule has 2 fully saturated rings. The first kappa shape index (κ1) is 14.6. The molecule has 21 heavy (non-hydrogen) atoms. The first-order valence-electron chi connectivity index (χ1n) is 7.32. The fourth-order valence-corrected chi connectivity index (χ4v) is 3.24. The predicted molar refractivity (Wildman–Crippen MR) is 80.3 cm³/mol. The lowest BCUT2D eigenvalue weighted by molar-refractivity contribution is -0.132. The van der Waals surface area contributed by atoms with E-state index in [4.69, 9.17) is 4.74 Å². The molecule has 1 saturated heterocycles. The van der Waals surface area contributed by atoms with Gasteiger partial charge >= 0.3 is 0 Å². The normalized spacial score (nSPS) is 18.8. The highest BCUT2D eigenvalue weighted by atomic mass is 32.2. The molecule has 6 nitrogen and oxygen atoms in total. The number of hydrogen-bond acceptors (Lipinski definition) is 5. The summed E-state index contributed by atoms with van der Waals surface area (Å²) in [6, 6.07) is 0. The van der Waals surface area contributed by atoms with Crippen molar-refractivity contribution in [3.05, 3.63) is 18.5 Å². The van der Waals surface area contributed by atoms with Crippen LogP contribution in [0.1, 0.15) is 24.6 Å². The Kier molecular flexibility index (Phi) is 4.60. The van der Waals surface area contributed by atoms with E-state index in [0.717, 1.165) is 11.0 Å². The maximum Gasteiger partial charge on any atom is 0.233 e. The van der Waals surface area contributed by atoms with Crippen LogP contribution in [0.3, 0.4) is 0 Å². The second kappa shape index (κ2) is 6.62. The fraction of sp³-hybridized carbons (Fsp3) is 0.643. The Morgan fingerprint density at radius 3 is 2.81 bits per heavy atom. The highest BCUT2D eigenvalue weighted by molar-refractivity contribution is 7.99. The van der Waals surface area contributed by atoms with E-state index >= 15 is 0 Å². The largest absolute Gasteiger partial charge is 0.378 e. The molecule has 1 saturated carbocycles. The minimum atomic E-state index is 0.143. The molecular weight excluding hydrogens is 288 g/mol. The van der Waals surface area contributed by atoms with E-state index in [1.165, 1.54) is 24.6 Å². The highest BCUT2D eigenvalue weighted by Gasteiger charge is 2.30. The number of thioether (sulfide) groups is 1. The maximum absolute atomic E-state index is 12.2. The van der Waals surface area contributed by atoms with Crippen molar-refractivity contribution in [2.24, 2.45) is 0 Å². The molecule has 2 aliphatic rings. The van der Waals surface area contributed by atoms with Crippen LogP contribution in [0.2, 0.25) is 0 Å². The zero-order valence-corrected chi connectivity index (χ0v) is 12.8. The summed E-state index contributed by atoms with van der Waals surface area (Å²) in [5, 5.41) is 9.35. The molecule has 1 aromatic rings. The number of morpholine rings is 1. The monoisotopic (exact) mass is 308 g/mol. The molecule has 0 atom stereocenters. The summed E-state index contributed by atoms with van der Waals surface area (Å²) < 4.78 is 7.35. The van der Waals surface area contributed by atoms with Gasteiger partial charge in [0.1, 0.15) is 5.82 Å². The Labute approximate surface area is 128 Å². The molecule has 0 aromatic carbocycles. The fourth-order valence-electron chi connectivity index (χ4n) is 2.38. The van der Waals surface area contributed by atoms with E-state index in [9.17, 15) is 4.79 Å². The van der Waals surface area contributed by atoms with Crippen molar-refractivity contribution in [1.29, 1.82) is 0 Å². The molecule has 7 heteroatoms. The Morgan fingerprint density at radius 1 is 1.38 bits per heavy atom. The van der Waals surface area contributed by atoms with Crippen LogP contribution in [-0.2, 0) is 16.1 Å². The maximum atomic E-state index is 12.2. The van der Waals surface area contributed by atoms with Gasteiger partial charge in [0.05, 0.1) is 19.0 Å². The third kappa shape index (κ3) is 3.47.